The van der Waals surface area contributed by atoms with Crippen molar-refractivity contribution in [3.63, 3.8) is 0 Å². The van der Waals surface area contributed by atoms with E-state index in [1.54, 1.807) is 6.92 Å². The highest BCUT2D eigenvalue weighted by atomic mass is 32.2. The quantitative estimate of drug-likeness (QED) is 0.511. The van der Waals surface area contributed by atoms with Crippen molar-refractivity contribution in [2.24, 2.45) is 0 Å². The fourth-order valence-electron chi connectivity index (χ4n) is 3.36. The number of nitrogens with one attached hydrogen (secondary N) is 2. The number of methoxy groups -OCH3 is 1. The first kappa shape index (κ1) is 23.7. The maximum atomic E-state index is 12.6. The Morgan fingerprint density at radius 3 is 2.06 bits per heavy atom. The molecule has 32 heavy (non-hydrogen) atoms. The van der Waals surface area contributed by atoms with Crippen LogP contribution in [0.15, 0.2) is 83.8 Å². The fourth-order valence-corrected chi connectivity index (χ4v) is 4.59. The number of hydrogen-bond donors (Lipinski definition) is 2. The highest BCUT2D eigenvalue weighted by Gasteiger charge is 2.18. The van der Waals surface area contributed by atoms with Crippen LogP contribution in [0.1, 0.15) is 35.8 Å². The number of ether oxygens (including phenoxy) is 1. The van der Waals surface area contributed by atoms with Crippen molar-refractivity contribution in [3.05, 3.63) is 90.0 Å². The van der Waals surface area contributed by atoms with Crippen molar-refractivity contribution in [2.45, 2.75) is 30.8 Å². The van der Waals surface area contributed by atoms with Crippen molar-refractivity contribution in [3.8, 4) is 11.1 Å². The highest BCUT2D eigenvalue weighted by Crippen LogP contribution is 2.22. The molecule has 3 aromatic rings. The topological polar surface area (TPSA) is 84.5 Å². The lowest BCUT2D eigenvalue weighted by atomic mass is 10.0. The molecule has 6 nitrogen and oxygen atoms in total. The van der Waals surface area contributed by atoms with Crippen LogP contribution in [-0.4, -0.2) is 34.1 Å². The molecule has 3 rings (SSSR count). The molecule has 7 heteroatoms. The molecule has 2 N–H and O–H groups in total. The maximum absolute atomic E-state index is 12.6. The van der Waals surface area contributed by atoms with Crippen LogP contribution < -0.4 is 10.0 Å². The Morgan fingerprint density at radius 2 is 1.47 bits per heavy atom. The van der Waals surface area contributed by atoms with Gasteiger partial charge < -0.3 is 10.1 Å². The van der Waals surface area contributed by atoms with E-state index in [2.05, 4.69) is 22.2 Å². The molecule has 2 atom stereocenters. The van der Waals surface area contributed by atoms with Crippen LogP contribution in [0.4, 0.5) is 0 Å². The highest BCUT2D eigenvalue weighted by molar-refractivity contribution is 7.89. The Hall–Kier alpha value is -3.00. The van der Waals surface area contributed by atoms with Crippen molar-refractivity contribution in [2.75, 3.05) is 13.7 Å². The van der Waals surface area contributed by atoms with Crippen molar-refractivity contribution >= 4 is 15.9 Å². The number of sulfonamides is 1. The average Bonchev–Trinajstić information content (AvgIpc) is 2.79. The van der Waals surface area contributed by atoms with Crippen LogP contribution in [0.3, 0.4) is 0 Å². The fraction of sp³-hybridized carbons (Fsp3) is 0.240. The molecule has 0 aliphatic carbocycles. The summed E-state index contributed by atoms with van der Waals surface area (Å²) < 4.78 is 32.3. The second kappa shape index (κ2) is 10.5. The summed E-state index contributed by atoms with van der Waals surface area (Å²) in [5, 5.41) is 2.96. The second-order valence-electron chi connectivity index (χ2n) is 7.69. The molecule has 0 aliphatic heterocycles. The zero-order valence-electron chi connectivity index (χ0n) is 18.4. The number of carbonyl (C=O) groups is 1. The van der Waals surface area contributed by atoms with Crippen molar-refractivity contribution in [1.82, 2.24) is 10.0 Å². The zero-order chi connectivity index (χ0) is 23.1. The van der Waals surface area contributed by atoms with Gasteiger partial charge in [-0.05, 0) is 54.8 Å². The molecule has 3 aromatic carbocycles. The summed E-state index contributed by atoms with van der Waals surface area (Å²) in [5.41, 5.74) is 3.62. The summed E-state index contributed by atoms with van der Waals surface area (Å²) >= 11 is 0. The van der Waals surface area contributed by atoms with E-state index in [1.165, 1.54) is 31.4 Å². The van der Waals surface area contributed by atoms with Crippen LogP contribution in [0.25, 0.3) is 11.1 Å². The third-order valence-electron chi connectivity index (χ3n) is 5.07. The number of carbonyl (C=O) groups excluding carboxylic acids is 1. The molecular formula is C25H28N2O4S. The summed E-state index contributed by atoms with van der Waals surface area (Å²) in [6.45, 7) is 3.90. The Morgan fingerprint density at radius 1 is 0.875 bits per heavy atom. The minimum Gasteiger partial charge on any atom is -0.383 e. The van der Waals surface area contributed by atoms with Crippen LogP contribution in [-0.2, 0) is 14.8 Å². The number of benzene rings is 3. The molecule has 0 fully saturated rings. The van der Waals surface area contributed by atoms with E-state index >= 15 is 0 Å². The van der Waals surface area contributed by atoms with Gasteiger partial charge in [0.05, 0.1) is 17.5 Å². The number of amides is 1. The van der Waals surface area contributed by atoms with E-state index in [0.717, 1.165) is 16.7 Å². The SMILES string of the molecule is COC[C@@H](C)NS(=O)(=O)c1ccc(C(=O)N[C@H](C)c2ccc(-c3ccccc3)cc2)cc1. The van der Waals surface area contributed by atoms with Crippen LogP contribution >= 0.6 is 0 Å². The first-order valence-electron chi connectivity index (χ1n) is 10.4. The summed E-state index contributed by atoms with van der Waals surface area (Å²) in [6.07, 6.45) is 0. The van der Waals surface area contributed by atoms with Crippen LogP contribution in [0.2, 0.25) is 0 Å². The Kier molecular flexibility index (Phi) is 7.80. The van der Waals surface area contributed by atoms with Gasteiger partial charge in [0.15, 0.2) is 0 Å². The largest absolute Gasteiger partial charge is 0.383 e. The summed E-state index contributed by atoms with van der Waals surface area (Å²) in [6, 6.07) is 23.5. The molecule has 0 heterocycles. The lowest BCUT2D eigenvalue weighted by molar-refractivity contribution is 0.0940. The van der Waals surface area contributed by atoms with E-state index in [-0.39, 0.29) is 29.5 Å². The summed E-state index contributed by atoms with van der Waals surface area (Å²) in [7, 11) is -2.17. The minimum absolute atomic E-state index is 0.0987. The average molecular weight is 453 g/mol. The van der Waals surface area contributed by atoms with Gasteiger partial charge in [0.25, 0.3) is 5.91 Å². The van der Waals surface area contributed by atoms with E-state index in [4.69, 9.17) is 4.74 Å². The number of rotatable bonds is 9. The molecule has 0 aliphatic rings. The first-order chi connectivity index (χ1) is 15.3. The van der Waals surface area contributed by atoms with Crippen molar-refractivity contribution < 1.29 is 17.9 Å². The third kappa shape index (κ3) is 6.03. The normalized spacial score (nSPS) is 13.3. The van der Waals surface area contributed by atoms with E-state index < -0.39 is 10.0 Å². The Balaban J connectivity index is 1.64. The van der Waals surface area contributed by atoms with Gasteiger partial charge in [0.1, 0.15) is 0 Å². The molecule has 1 amide bonds. The van der Waals surface area contributed by atoms with E-state index in [1.807, 2.05) is 49.4 Å². The Bertz CT molecular complexity index is 1130. The molecule has 168 valence electrons. The minimum atomic E-state index is -3.68. The smallest absolute Gasteiger partial charge is 0.251 e. The molecule has 0 saturated heterocycles. The zero-order valence-corrected chi connectivity index (χ0v) is 19.2. The van der Waals surface area contributed by atoms with Gasteiger partial charge in [-0.1, -0.05) is 54.6 Å². The van der Waals surface area contributed by atoms with E-state index in [9.17, 15) is 13.2 Å². The Labute approximate surface area is 189 Å². The standard InChI is InChI=1S/C25H28N2O4S/c1-18(17-31-3)27-32(29,30)24-15-13-23(14-16-24)25(28)26-19(2)20-9-11-22(12-10-20)21-7-5-4-6-8-21/h4-16,18-19,27H,17H2,1-3H3,(H,26,28)/t18-,19-/m1/s1. The van der Waals surface area contributed by atoms with Gasteiger partial charge >= 0.3 is 0 Å². The third-order valence-corrected chi connectivity index (χ3v) is 6.67. The van der Waals surface area contributed by atoms with Gasteiger partial charge in [-0.2, -0.15) is 0 Å². The van der Waals surface area contributed by atoms with Crippen LogP contribution in [0.5, 0.6) is 0 Å². The molecule has 0 spiro atoms. The molecule has 0 saturated carbocycles. The summed E-state index contributed by atoms with van der Waals surface area (Å²) in [4.78, 5) is 12.7. The number of hydrogen-bond acceptors (Lipinski definition) is 4. The molecule has 0 unspecified atom stereocenters. The lowest BCUT2D eigenvalue weighted by Gasteiger charge is -2.16. The summed E-state index contributed by atoms with van der Waals surface area (Å²) in [5.74, 6) is -0.269. The van der Waals surface area contributed by atoms with Gasteiger partial charge in [0.2, 0.25) is 10.0 Å². The van der Waals surface area contributed by atoms with Gasteiger partial charge in [-0.25, -0.2) is 13.1 Å². The van der Waals surface area contributed by atoms with Crippen molar-refractivity contribution in [1.29, 1.82) is 0 Å². The van der Waals surface area contributed by atoms with Gasteiger partial charge in [0, 0.05) is 18.7 Å². The van der Waals surface area contributed by atoms with Gasteiger partial charge in [-0.15, -0.1) is 0 Å². The maximum Gasteiger partial charge on any atom is 0.251 e. The molecule has 0 aromatic heterocycles. The first-order valence-corrected chi connectivity index (χ1v) is 11.9. The lowest BCUT2D eigenvalue weighted by Crippen LogP contribution is -2.35. The predicted octanol–water partition coefficient (Wildman–Crippen LogP) is 4.16. The predicted molar refractivity (Wildman–Crippen MR) is 126 cm³/mol. The molecular weight excluding hydrogens is 424 g/mol. The van der Waals surface area contributed by atoms with Gasteiger partial charge in [-0.3, -0.25) is 4.79 Å². The van der Waals surface area contributed by atoms with E-state index in [0.29, 0.717) is 5.56 Å². The molecule has 0 bridgehead atoms. The monoisotopic (exact) mass is 452 g/mol. The second-order valence-corrected chi connectivity index (χ2v) is 9.40. The molecule has 0 radical (unpaired) electrons. The van der Waals surface area contributed by atoms with Crippen LogP contribution in [0, 0.1) is 0 Å².